The predicted molar refractivity (Wildman–Crippen MR) is 54.1 cm³/mol. The summed E-state index contributed by atoms with van der Waals surface area (Å²) in [5, 5.41) is 2.48. The zero-order valence-electron chi connectivity index (χ0n) is 9.73. The number of alkyl halides is 3. The molecule has 2 amide bonds. The van der Waals surface area contributed by atoms with Crippen LogP contribution in [0, 0.1) is 0 Å². The molecule has 0 spiro atoms. The smallest absolute Gasteiger partial charge is 0.342 e. The first-order valence-electron chi connectivity index (χ1n) is 5.29. The highest BCUT2D eigenvalue weighted by Gasteiger charge is 2.38. The van der Waals surface area contributed by atoms with Crippen molar-refractivity contribution in [2.75, 3.05) is 13.1 Å². The summed E-state index contributed by atoms with van der Waals surface area (Å²) in [5.74, 6) is -0.801. The van der Waals surface area contributed by atoms with E-state index >= 15 is 0 Å². The minimum absolute atomic E-state index is 0.0319. The molecule has 0 aromatic rings. The van der Waals surface area contributed by atoms with Gasteiger partial charge in [-0.1, -0.05) is 0 Å². The van der Waals surface area contributed by atoms with Crippen LogP contribution >= 0.6 is 0 Å². The third-order valence-electron chi connectivity index (χ3n) is 2.55. The maximum absolute atomic E-state index is 12.1. The van der Waals surface area contributed by atoms with E-state index in [9.17, 15) is 22.8 Å². The van der Waals surface area contributed by atoms with Gasteiger partial charge in [0.2, 0.25) is 11.8 Å². The SMILES string of the molecule is CC1(C)NC(=O)CCN(CCC(F)(F)F)C1=O. The van der Waals surface area contributed by atoms with E-state index in [4.69, 9.17) is 0 Å². The highest BCUT2D eigenvalue weighted by atomic mass is 19.4. The summed E-state index contributed by atoms with van der Waals surface area (Å²) in [6.45, 7) is 2.60. The summed E-state index contributed by atoms with van der Waals surface area (Å²) in [7, 11) is 0. The molecule has 0 atom stereocenters. The second kappa shape index (κ2) is 4.54. The van der Waals surface area contributed by atoms with E-state index in [1.54, 1.807) is 0 Å². The van der Waals surface area contributed by atoms with Gasteiger partial charge < -0.3 is 10.2 Å². The first-order valence-corrected chi connectivity index (χ1v) is 5.29. The molecular formula is C10H15F3N2O2. The molecule has 1 saturated heterocycles. The predicted octanol–water partition coefficient (Wildman–Crippen LogP) is 1.07. The average Bonchev–Trinajstić information content (AvgIpc) is 2.22. The summed E-state index contributed by atoms with van der Waals surface area (Å²) >= 11 is 0. The van der Waals surface area contributed by atoms with Crippen LogP contribution in [0.3, 0.4) is 0 Å². The molecule has 1 heterocycles. The molecule has 0 aromatic carbocycles. The lowest BCUT2D eigenvalue weighted by Gasteiger charge is -2.29. The molecule has 4 nitrogen and oxygen atoms in total. The number of nitrogens with one attached hydrogen (secondary N) is 1. The van der Waals surface area contributed by atoms with Crippen LogP contribution in [-0.4, -0.2) is 41.5 Å². The topological polar surface area (TPSA) is 49.4 Å². The fourth-order valence-corrected chi connectivity index (χ4v) is 1.67. The zero-order chi connectivity index (χ0) is 13.3. The number of hydrogen-bond acceptors (Lipinski definition) is 2. The molecule has 1 N–H and O–H groups in total. The fraction of sp³-hybridized carbons (Fsp3) is 0.800. The highest BCUT2D eigenvalue weighted by Crippen LogP contribution is 2.21. The van der Waals surface area contributed by atoms with Crippen LogP contribution in [0.5, 0.6) is 0 Å². The fourth-order valence-electron chi connectivity index (χ4n) is 1.67. The molecule has 0 radical (unpaired) electrons. The first-order chi connectivity index (χ1) is 7.62. The van der Waals surface area contributed by atoms with Crippen molar-refractivity contribution in [2.45, 2.75) is 38.4 Å². The van der Waals surface area contributed by atoms with E-state index in [1.165, 1.54) is 13.8 Å². The molecule has 1 aliphatic rings. The van der Waals surface area contributed by atoms with Gasteiger partial charge in [0.1, 0.15) is 5.54 Å². The Balaban J connectivity index is 2.71. The van der Waals surface area contributed by atoms with Crippen LogP contribution in [0.2, 0.25) is 0 Å². The lowest BCUT2D eigenvalue weighted by atomic mass is 10.0. The molecular weight excluding hydrogens is 237 g/mol. The van der Waals surface area contributed by atoms with Crippen molar-refractivity contribution in [1.29, 1.82) is 0 Å². The largest absolute Gasteiger partial charge is 0.390 e. The molecule has 0 unspecified atom stereocenters. The van der Waals surface area contributed by atoms with Crippen LogP contribution in [-0.2, 0) is 9.59 Å². The van der Waals surface area contributed by atoms with Gasteiger partial charge in [-0.25, -0.2) is 0 Å². The van der Waals surface area contributed by atoms with Crippen LogP contribution in [0.1, 0.15) is 26.7 Å². The van der Waals surface area contributed by atoms with Crippen LogP contribution < -0.4 is 5.32 Å². The van der Waals surface area contributed by atoms with Gasteiger partial charge in [-0.2, -0.15) is 13.2 Å². The molecule has 1 aliphatic heterocycles. The van der Waals surface area contributed by atoms with E-state index in [2.05, 4.69) is 5.32 Å². The lowest BCUT2D eigenvalue weighted by Crippen LogP contribution is -2.53. The second-order valence-corrected chi connectivity index (χ2v) is 4.58. The first kappa shape index (κ1) is 13.8. The minimum Gasteiger partial charge on any atom is -0.342 e. The van der Waals surface area contributed by atoms with Gasteiger partial charge in [-0.15, -0.1) is 0 Å². The van der Waals surface area contributed by atoms with E-state index in [1.807, 2.05) is 0 Å². The Hall–Kier alpha value is -1.27. The molecule has 0 saturated carbocycles. The molecule has 0 aliphatic carbocycles. The Morgan fingerprint density at radius 2 is 1.94 bits per heavy atom. The third kappa shape index (κ3) is 3.90. The van der Waals surface area contributed by atoms with Crippen molar-refractivity contribution in [3.63, 3.8) is 0 Å². The molecule has 1 rings (SSSR count). The summed E-state index contributed by atoms with van der Waals surface area (Å²) in [6.07, 6.45) is -5.32. The number of hydrogen-bond donors (Lipinski definition) is 1. The summed E-state index contributed by atoms with van der Waals surface area (Å²) in [4.78, 5) is 24.2. The average molecular weight is 252 g/mol. The molecule has 98 valence electrons. The molecule has 1 fully saturated rings. The van der Waals surface area contributed by atoms with Crippen LogP contribution in [0.4, 0.5) is 13.2 Å². The maximum Gasteiger partial charge on any atom is 0.390 e. The van der Waals surface area contributed by atoms with Gasteiger partial charge in [0.25, 0.3) is 0 Å². The van der Waals surface area contributed by atoms with Crippen molar-refractivity contribution in [3.8, 4) is 0 Å². The number of amides is 2. The van der Waals surface area contributed by atoms with Gasteiger partial charge in [-0.3, -0.25) is 9.59 Å². The summed E-state index contributed by atoms with van der Waals surface area (Å²) in [5.41, 5.74) is -1.14. The zero-order valence-corrected chi connectivity index (χ0v) is 9.73. The number of carbonyl (C=O) groups is 2. The number of rotatable bonds is 2. The Morgan fingerprint density at radius 3 is 2.47 bits per heavy atom. The molecule has 0 bridgehead atoms. The number of nitrogens with zero attached hydrogens (tertiary/aromatic N) is 1. The van der Waals surface area contributed by atoms with E-state index in [0.717, 1.165) is 4.90 Å². The van der Waals surface area contributed by atoms with Gasteiger partial charge in [0, 0.05) is 19.5 Å². The third-order valence-corrected chi connectivity index (χ3v) is 2.55. The molecule has 0 aromatic heterocycles. The summed E-state index contributed by atoms with van der Waals surface area (Å²) in [6, 6.07) is 0. The van der Waals surface area contributed by atoms with E-state index in [-0.39, 0.29) is 18.9 Å². The molecule has 17 heavy (non-hydrogen) atoms. The van der Waals surface area contributed by atoms with Crippen LogP contribution in [0.15, 0.2) is 0 Å². The monoisotopic (exact) mass is 252 g/mol. The maximum atomic E-state index is 12.1. The quantitative estimate of drug-likeness (QED) is 0.799. The number of carbonyl (C=O) groups excluding carboxylic acids is 2. The van der Waals surface area contributed by atoms with E-state index < -0.39 is 30.6 Å². The minimum atomic E-state index is -4.30. The Bertz CT molecular complexity index is 326. The lowest BCUT2D eigenvalue weighted by molar-refractivity contribution is -0.148. The molecule has 7 heteroatoms. The van der Waals surface area contributed by atoms with Crippen molar-refractivity contribution < 1.29 is 22.8 Å². The highest BCUT2D eigenvalue weighted by molar-refractivity contribution is 5.92. The van der Waals surface area contributed by atoms with Crippen molar-refractivity contribution >= 4 is 11.8 Å². The van der Waals surface area contributed by atoms with Gasteiger partial charge in [0.05, 0.1) is 6.42 Å². The van der Waals surface area contributed by atoms with Crippen molar-refractivity contribution in [3.05, 3.63) is 0 Å². The van der Waals surface area contributed by atoms with Gasteiger partial charge >= 0.3 is 6.18 Å². The van der Waals surface area contributed by atoms with Crippen LogP contribution in [0.25, 0.3) is 0 Å². The van der Waals surface area contributed by atoms with Gasteiger partial charge in [-0.05, 0) is 13.8 Å². The Kier molecular flexibility index (Phi) is 3.68. The van der Waals surface area contributed by atoms with Crippen molar-refractivity contribution in [1.82, 2.24) is 10.2 Å². The normalized spacial score (nSPS) is 21.1. The Morgan fingerprint density at radius 1 is 1.35 bits per heavy atom. The van der Waals surface area contributed by atoms with Gasteiger partial charge in [0.15, 0.2) is 0 Å². The number of halogens is 3. The second-order valence-electron chi connectivity index (χ2n) is 4.58. The standard InChI is InChI=1S/C10H15F3N2O2/c1-9(2)8(17)15(5-3-7(16)14-9)6-4-10(11,12)13/h3-6H2,1-2H3,(H,14,16). The van der Waals surface area contributed by atoms with Crippen molar-refractivity contribution in [2.24, 2.45) is 0 Å². The van der Waals surface area contributed by atoms with E-state index in [0.29, 0.717) is 0 Å². The Labute approximate surface area is 97.1 Å². The summed E-state index contributed by atoms with van der Waals surface area (Å²) < 4.78 is 36.3.